The summed E-state index contributed by atoms with van der Waals surface area (Å²) in [6.07, 6.45) is 68.6. The highest BCUT2D eigenvalue weighted by molar-refractivity contribution is 7.47. The number of phosphoric acid groups is 1. The lowest BCUT2D eigenvalue weighted by Crippen LogP contribution is -2.28. The van der Waals surface area contributed by atoms with E-state index in [1.165, 1.54) is 89.9 Å². The zero-order chi connectivity index (χ0) is 46.5. The molecule has 0 saturated carbocycles. The molecule has 0 aliphatic heterocycles. The van der Waals surface area contributed by atoms with Crippen LogP contribution in [-0.2, 0) is 27.9 Å². The van der Waals surface area contributed by atoms with Gasteiger partial charge in [0.05, 0.1) is 19.8 Å². The fourth-order valence-corrected chi connectivity index (χ4v) is 7.50. The van der Waals surface area contributed by atoms with Crippen LogP contribution in [0.1, 0.15) is 206 Å². The quantitative estimate of drug-likeness (QED) is 0.0268. The van der Waals surface area contributed by atoms with Gasteiger partial charge in [-0.25, -0.2) is 4.57 Å². The molecule has 0 aromatic rings. The van der Waals surface area contributed by atoms with Crippen molar-refractivity contribution in [2.45, 2.75) is 213 Å². The largest absolute Gasteiger partial charge is 0.472 e. The van der Waals surface area contributed by atoms with E-state index >= 15 is 0 Å². The normalized spacial score (nSPS) is 14.1. The van der Waals surface area contributed by atoms with Crippen LogP contribution in [0.2, 0.25) is 0 Å². The van der Waals surface area contributed by atoms with Crippen molar-refractivity contribution in [2.75, 3.05) is 33.0 Å². The molecule has 0 saturated heterocycles. The molecule has 0 rings (SSSR count). The fourth-order valence-electron chi connectivity index (χ4n) is 6.74. The van der Waals surface area contributed by atoms with Gasteiger partial charge in [-0.2, -0.15) is 0 Å². The van der Waals surface area contributed by atoms with Crippen LogP contribution < -0.4 is 5.73 Å². The first kappa shape index (κ1) is 61.4. The summed E-state index contributed by atoms with van der Waals surface area (Å²) in [5, 5.41) is 0. The summed E-state index contributed by atoms with van der Waals surface area (Å²) in [7, 11) is -4.30. The molecule has 2 atom stereocenters. The first-order valence-corrected chi connectivity index (χ1v) is 27.2. The van der Waals surface area contributed by atoms with Crippen LogP contribution in [0.5, 0.6) is 0 Å². The Bertz CT molecular complexity index is 1300. The zero-order valence-corrected chi connectivity index (χ0v) is 41.9. The Kier molecular flexibility index (Phi) is 49.3. The van der Waals surface area contributed by atoms with Crippen molar-refractivity contribution in [1.29, 1.82) is 0 Å². The van der Waals surface area contributed by atoms with Gasteiger partial charge in [0.1, 0.15) is 6.10 Å². The van der Waals surface area contributed by atoms with Gasteiger partial charge in [0.2, 0.25) is 0 Å². The Morgan fingerprint density at radius 1 is 0.484 bits per heavy atom. The van der Waals surface area contributed by atoms with E-state index < -0.39 is 13.9 Å². The fraction of sp³-hybridized carbons (Fsp3) is 0.691. The first-order valence-electron chi connectivity index (χ1n) is 25.7. The van der Waals surface area contributed by atoms with E-state index in [2.05, 4.69) is 111 Å². The number of hydrogen-bond donors (Lipinski definition) is 2. The molecule has 0 radical (unpaired) electrons. The van der Waals surface area contributed by atoms with Crippen LogP contribution in [0.15, 0.2) is 97.2 Å². The summed E-state index contributed by atoms with van der Waals surface area (Å²) >= 11 is 0. The van der Waals surface area contributed by atoms with Crippen molar-refractivity contribution >= 4 is 13.8 Å². The van der Waals surface area contributed by atoms with Gasteiger partial charge in [0, 0.05) is 19.6 Å². The summed E-state index contributed by atoms with van der Waals surface area (Å²) in [5.74, 6) is -0.346. The third-order valence-electron chi connectivity index (χ3n) is 10.5. The van der Waals surface area contributed by atoms with Gasteiger partial charge in [-0.3, -0.25) is 13.8 Å². The van der Waals surface area contributed by atoms with Crippen LogP contribution in [0, 0.1) is 0 Å². The van der Waals surface area contributed by atoms with Crippen LogP contribution >= 0.6 is 7.82 Å². The molecule has 2 unspecified atom stereocenters. The van der Waals surface area contributed by atoms with Crippen LogP contribution in [0.25, 0.3) is 0 Å². The molecule has 0 heterocycles. The SMILES string of the molecule is CC/C=C\C/C=C\C/C=C\C/C=C\C/C=C\CCCCCCCCOCC(COP(=O)(O)OCCN)OC(=O)CCCCCCCCCC/C=C\C/C=C\C/C=C\CCCCCCC. The number of allylic oxidation sites excluding steroid dienone is 16. The summed E-state index contributed by atoms with van der Waals surface area (Å²) in [5.41, 5.74) is 5.39. The van der Waals surface area contributed by atoms with Gasteiger partial charge in [-0.1, -0.05) is 201 Å². The topological polar surface area (TPSA) is 117 Å². The number of carbonyl (C=O) groups is 1. The van der Waals surface area contributed by atoms with E-state index in [0.29, 0.717) is 13.0 Å². The second-order valence-corrected chi connectivity index (χ2v) is 18.1. The maximum atomic E-state index is 12.7. The Balaban J connectivity index is 4.03. The number of rotatable bonds is 48. The third-order valence-corrected chi connectivity index (χ3v) is 11.5. The average molecular weight is 914 g/mol. The van der Waals surface area contributed by atoms with Gasteiger partial charge in [-0.15, -0.1) is 0 Å². The predicted molar refractivity (Wildman–Crippen MR) is 274 cm³/mol. The van der Waals surface area contributed by atoms with E-state index in [1.807, 2.05) is 0 Å². The summed E-state index contributed by atoms with van der Waals surface area (Å²) in [4.78, 5) is 22.6. The summed E-state index contributed by atoms with van der Waals surface area (Å²) in [6.45, 7) is 4.74. The monoisotopic (exact) mass is 914 g/mol. The molecule has 0 spiro atoms. The molecule has 8 nitrogen and oxygen atoms in total. The molecule has 3 N–H and O–H groups in total. The molecule has 0 amide bonds. The molecule has 368 valence electrons. The van der Waals surface area contributed by atoms with Crippen LogP contribution in [0.4, 0.5) is 0 Å². The molecular weight excluding hydrogens is 818 g/mol. The number of unbranched alkanes of at least 4 members (excludes halogenated alkanes) is 19. The lowest BCUT2D eigenvalue weighted by Gasteiger charge is -2.20. The predicted octanol–water partition coefficient (Wildman–Crippen LogP) is 16.2. The number of esters is 1. The summed E-state index contributed by atoms with van der Waals surface area (Å²) in [6, 6.07) is 0. The van der Waals surface area contributed by atoms with E-state index in [4.69, 9.17) is 24.3 Å². The highest BCUT2D eigenvalue weighted by Gasteiger charge is 2.25. The van der Waals surface area contributed by atoms with Crippen molar-refractivity contribution in [2.24, 2.45) is 5.73 Å². The lowest BCUT2D eigenvalue weighted by molar-refractivity contribution is -0.154. The van der Waals surface area contributed by atoms with Crippen molar-refractivity contribution in [1.82, 2.24) is 0 Å². The maximum Gasteiger partial charge on any atom is 0.472 e. The van der Waals surface area contributed by atoms with Crippen molar-refractivity contribution in [3.8, 4) is 0 Å². The minimum absolute atomic E-state index is 0.0909. The van der Waals surface area contributed by atoms with E-state index in [0.717, 1.165) is 96.3 Å². The third kappa shape index (κ3) is 50.4. The molecule has 0 aromatic carbocycles. The van der Waals surface area contributed by atoms with Gasteiger partial charge in [0.25, 0.3) is 0 Å². The molecule has 64 heavy (non-hydrogen) atoms. The van der Waals surface area contributed by atoms with Crippen LogP contribution in [-0.4, -0.2) is 49.9 Å². The van der Waals surface area contributed by atoms with E-state index in [-0.39, 0.29) is 32.3 Å². The van der Waals surface area contributed by atoms with Gasteiger partial charge >= 0.3 is 13.8 Å². The molecule has 0 fully saturated rings. The number of ether oxygens (including phenoxy) is 2. The minimum Gasteiger partial charge on any atom is -0.457 e. The summed E-state index contributed by atoms with van der Waals surface area (Å²) < 4.78 is 33.6. The number of carbonyl (C=O) groups excluding carboxylic acids is 1. The second kappa shape index (κ2) is 51.4. The molecule has 0 aliphatic carbocycles. The molecular formula is C55H96NO7P. The smallest absolute Gasteiger partial charge is 0.457 e. The average Bonchev–Trinajstić information content (AvgIpc) is 3.29. The molecule has 0 aliphatic rings. The van der Waals surface area contributed by atoms with Crippen molar-refractivity contribution < 1.29 is 32.8 Å². The highest BCUT2D eigenvalue weighted by Crippen LogP contribution is 2.43. The molecule has 0 aromatic heterocycles. The number of hydrogen-bond acceptors (Lipinski definition) is 7. The van der Waals surface area contributed by atoms with Crippen LogP contribution in [0.3, 0.4) is 0 Å². The highest BCUT2D eigenvalue weighted by atomic mass is 31.2. The van der Waals surface area contributed by atoms with Crippen molar-refractivity contribution in [3.05, 3.63) is 97.2 Å². The molecule has 9 heteroatoms. The Hall–Kier alpha value is -2.58. The number of nitrogens with two attached hydrogens (primary N) is 1. The Labute approximate surface area is 393 Å². The van der Waals surface area contributed by atoms with Gasteiger partial charge in [0.15, 0.2) is 0 Å². The zero-order valence-electron chi connectivity index (χ0n) is 41.0. The lowest BCUT2D eigenvalue weighted by atomic mass is 10.1. The standard InChI is InChI=1S/C55H96NO7P/c1-3-5-7-9-11-13-15-17-19-21-23-25-27-28-30-32-34-36-38-40-42-44-46-48-55(57)63-54(53-62-64(58,59)61-51-49-56)52-60-50-47-45-43-41-39-37-35-33-31-29-26-24-22-20-18-16-14-12-10-8-6-4-2/h6,8,12,14-15,17-18,20-21,23-24,26-28,31,33,54H,3-5,7,9-11,13,16,19,22,25,29-30,32,34-53,56H2,1-2H3,(H,58,59)/b8-6-,14-12-,17-15-,20-18-,23-21-,26-24-,28-27-,33-31-. The Morgan fingerprint density at radius 3 is 1.31 bits per heavy atom. The van der Waals surface area contributed by atoms with Crippen molar-refractivity contribution in [3.63, 3.8) is 0 Å². The minimum atomic E-state index is -4.30. The van der Waals surface area contributed by atoms with E-state index in [9.17, 15) is 14.3 Å². The number of phosphoric ester groups is 1. The van der Waals surface area contributed by atoms with Gasteiger partial charge < -0.3 is 20.1 Å². The Morgan fingerprint density at radius 2 is 0.875 bits per heavy atom. The maximum absolute atomic E-state index is 12.7. The second-order valence-electron chi connectivity index (χ2n) is 16.6. The molecule has 0 bridgehead atoms. The van der Waals surface area contributed by atoms with Gasteiger partial charge in [-0.05, 0) is 96.3 Å². The first-order chi connectivity index (χ1) is 31.4. The van der Waals surface area contributed by atoms with E-state index in [1.54, 1.807) is 0 Å².